The smallest absolute Gasteiger partial charge is 0.230 e. The summed E-state index contributed by atoms with van der Waals surface area (Å²) >= 11 is 2.90. The zero-order valence-electron chi connectivity index (χ0n) is 11.6. The molecule has 1 aromatic heterocycles. The maximum absolute atomic E-state index is 11.7. The minimum atomic E-state index is 0.0174. The van der Waals surface area contributed by atoms with Crippen molar-refractivity contribution in [2.24, 2.45) is 0 Å². The molecule has 0 bridgehead atoms. The fourth-order valence-corrected chi connectivity index (χ4v) is 3.39. The Morgan fingerprint density at radius 3 is 3.20 bits per heavy atom. The van der Waals surface area contributed by atoms with E-state index in [2.05, 4.69) is 27.8 Å². The molecule has 20 heavy (non-hydrogen) atoms. The van der Waals surface area contributed by atoms with Crippen LogP contribution in [0.2, 0.25) is 0 Å². The van der Waals surface area contributed by atoms with E-state index in [1.807, 2.05) is 0 Å². The van der Waals surface area contributed by atoms with Crippen LogP contribution in [0.4, 0.5) is 5.13 Å². The van der Waals surface area contributed by atoms with Crippen molar-refractivity contribution in [3.8, 4) is 0 Å². The molecule has 0 saturated carbocycles. The van der Waals surface area contributed by atoms with Gasteiger partial charge in [0.1, 0.15) is 0 Å². The van der Waals surface area contributed by atoms with Gasteiger partial charge in [-0.1, -0.05) is 30.0 Å². The second kappa shape index (κ2) is 8.43. The molecule has 2 N–H and O–H groups in total. The van der Waals surface area contributed by atoms with Crippen molar-refractivity contribution < 1.29 is 9.53 Å². The third kappa shape index (κ3) is 5.26. The standard InChI is InChI=1S/C12H20N4O2S2/c1-2-5-13-11-15-16-12(20-11)19-8-10(17)14-7-9-4-3-6-18-9/h9H,2-8H2,1H3,(H,13,15)(H,14,17). The fourth-order valence-electron chi connectivity index (χ4n) is 1.78. The van der Waals surface area contributed by atoms with Gasteiger partial charge in [-0.25, -0.2) is 0 Å². The zero-order chi connectivity index (χ0) is 14.2. The van der Waals surface area contributed by atoms with E-state index >= 15 is 0 Å². The summed E-state index contributed by atoms with van der Waals surface area (Å²) in [6.45, 7) is 4.41. The van der Waals surface area contributed by atoms with Crippen molar-refractivity contribution in [3.63, 3.8) is 0 Å². The SMILES string of the molecule is CCCNc1nnc(SCC(=O)NCC2CCCO2)s1. The first-order valence-electron chi connectivity index (χ1n) is 6.86. The van der Waals surface area contributed by atoms with Crippen molar-refractivity contribution in [2.45, 2.75) is 36.6 Å². The van der Waals surface area contributed by atoms with E-state index in [0.29, 0.717) is 12.3 Å². The normalized spacial score (nSPS) is 18.1. The summed E-state index contributed by atoms with van der Waals surface area (Å²) in [7, 11) is 0. The molecule has 1 saturated heterocycles. The monoisotopic (exact) mass is 316 g/mol. The molecular weight excluding hydrogens is 296 g/mol. The first-order valence-corrected chi connectivity index (χ1v) is 8.66. The molecule has 112 valence electrons. The number of carbonyl (C=O) groups is 1. The summed E-state index contributed by atoms with van der Waals surface area (Å²) in [4.78, 5) is 11.7. The van der Waals surface area contributed by atoms with Gasteiger partial charge < -0.3 is 15.4 Å². The minimum Gasteiger partial charge on any atom is -0.376 e. The average molecular weight is 316 g/mol. The van der Waals surface area contributed by atoms with Crippen LogP contribution in [0.15, 0.2) is 4.34 Å². The highest BCUT2D eigenvalue weighted by Gasteiger charge is 2.16. The number of nitrogens with zero attached hydrogens (tertiary/aromatic N) is 2. The molecule has 1 atom stereocenters. The van der Waals surface area contributed by atoms with Gasteiger partial charge >= 0.3 is 0 Å². The van der Waals surface area contributed by atoms with E-state index in [9.17, 15) is 4.79 Å². The van der Waals surface area contributed by atoms with Gasteiger partial charge in [0.05, 0.1) is 11.9 Å². The van der Waals surface area contributed by atoms with Crippen molar-refractivity contribution in [1.82, 2.24) is 15.5 Å². The van der Waals surface area contributed by atoms with Crippen LogP contribution < -0.4 is 10.6 Å². The van der Waals surface area contributed by atoms with Crippen LogP contribution in [0.5, 0.6) is 0 Å². The van der Waals surface area contributed by atoms with Gasteiger partial charge in [0.2, 0.25) is 11.0 Å². The second-order valence-electron chi connectivity index (χ2n) is 4.53. The van der Waals surface area contributed by atoms with Gasteiger partial charge in [0.25, 0.3) is 0 Å². The molecule has 0 radical (unpaired) electrons. The molecule has 1 aromatic rings. The van der Waals surface area contributed by atoms with Crippen molar-refractivity contribution in [1.29, 1.82) is 0 Å². The highest BCUT2D eigenvalue weighted by atomic mass is 32.2. The lowest BCUT2D eigenvalue weighted by Crippen LogP contribution is -2.32. The Kier molecular flexibility index (Phi) is 6.55. The number of thioether (sulfide) groups is 1. The van der Waals surface area contributed by atoms with Crippen LogP contribution in [0.1, 0.15) is 26.2 Å². The molecule has 6 nitrogen and oxygen atoms in total. The van der Waals surface area contributed by atoms with E-state index in [0.717, 1.165) is 41.9 Å². The molecule has 1 amide bonds. The number of anilines is 1. The van der Waals surface area contributed by atoms with Crippen molar-refractivity contribution >= 4 is 34.1 Å². The molecule has 1 aliphatic rings. The van der Waals surface area contributed by atoms with Crippen LogP contribution in [0.3, 0.4) is 0 Å². The van der Waals surface area contributed by atoms with E-state index < -0.39 is 0 Å². The number of ether oxygens (including phenoxy) is 1. The van der Waals surface area contributed by atoms with Crippen LogP contribution in [-0.2, 0) is 9.53 Å². The van der Waals surface area contributed by atoms with Crippen LogP contribution >= 0.6 is 23.1 Å². The van der Waals surface area contributed by atoms with E-state index in [1.54, 1.807) is 0 Å². The van der Waals surface area contributed by atoms with E-state index in [4.69, 9.17) is 4.74 Å². The summed E-state index contributed by atoms with van der Waals surface area (Å²) in [5.74, 6) is 0.388. The van der Waals surface area contributed by atoms with Crippen molar-refractivity contribution in [2.75, 3.05) is 30.8 Å². The first-order chi connectivity index (χ1) is 9.78. The Balaban J connectivity index is 1.63. The highest BCUT2D eigenvalue weighted by molar-refractivity contribution is 8.01. The zero-order valence-corrected chi connectivity index (χ0v) is 13.2. The van der Waals surface area contributed by atoms with Gasteiger partial charge in [-0.2, -0.15) is 0 Å². The summed E-state index contributed by atoms with van der Waals surface area (Å²) in [5.41, 5.74) is 0. The predicted octanol–water partition coefficient (Wildman–Crippen LogP) is 1.75. The average Bonchev–Trinajstić information content (AvgIpc) is 3.12. The number of rotatable bonds is 8. The number of amides is 1. The molecule has 1 unspecified atom stereocenters. The Bertz CT molecular complexity index is 421. The molecule has 0 aromatic carbocycles. The topological polar surface area (TPSA) is 76.1 Å². The summed E-state index contributed by atoms with van der Waals surface area (Å²) in [6.07, 6.45) is 3.37. The minimum absolute atomic E-state index is 0.0174. The van der Waals surface area contributed by atoms with Crippen LogP contribution in [0, 0.1) is 0 Å². The quantitative estimate of drug-likeness (QED) is 0.712. The predicted molar refractivity (Wildman–Crippen MR) is 81.4 cm³/mol. The van der Waals surface area contributed by atoms with Gasteiger partial charge in [0, 0.05) is 19.7 Å². The van der Waals surface area contributed by atoms with Gasteiger partial charge in [-0.05, 0) is 19.3 Å². The first kappa shape index (κ1) is 15.5. The third-order valence-electron chi connectivity index (χ3n) is 2.81. The largest absolute Gasteiger partial charge is 0.376 e. The molecule has 0 spiro atoms. The Morgan fingerprint density at radius 1 is 1.55 bits per heavy atom. The van der Waals surface area contributed by atoms with Crippen LogP contribution in [-0.4, -0.2) is 47.7 Å². The van der Waals surface area contributed by atoms with E-state index in [-0.39, 0.29) is 12.0 Å². The Labute approximate surface area is 127 Å². The lowest BCUT2D eigenvalue weighted by molar-refractivity contribution is -0.119. The van der Waals surface area contributed by atoms with Gasteiger partial charge in [-0.15, -0.1) is 10.2 Å². The van der Waals surface area contributed by atoms with Crippen molar-refractivity contribution in [3.05, 3.63) is 0 Å². The lowest BCUT2D eigenvalue weighted by Gasteiger charge is -2.09. The molecule has 1 aliphatic heterocycles. The maximum Gasteiger partial charge on any atom is 0.230 e. The Hall–Kier alpha value is -0.860. The number of carbonyl (C=O) groups excluding carboxylic acids is 1. The number of hydrogen-bond acceptors (Lipinski definition) is 7. The second-order valence-corrected chi connectivity index (χ2v) is 6.73. The molecule has 2 rings (SSSR count). The number of hydrogen-bond donors (Lipinski definition) is 2. The van der Waals surface area contributed by atoms with E-state index in [1.165, 1.54) is 23.1 Å². The molecular formula is C12H20N4O2S2. The molecule has 8 heteroatoms. The highest BCUT2D eigenvalue weighted by Crippen LogP contribution is 2.25. The maximum atomic E-state index is 11.7. The number of nitrogens with one attached hydrogen (secondary N) is 2. The summed E-state index contributed by atoms with van der Waals surface area (Å²) in [6, 6.07) is 0. The molecule has 0 aliphatic carbocycles. The Morgan fingerprint density at radius 2 is 2.45 bits per heavy atom. The number of aromatic nitrogens is 2. The fraction of sp³-hybridized carbons (Fsp3) is 0.750. The summed E-state index contributed by atoms with van der Waals surface area (Å²) in [5, 5.41) is 15.0. The summed E-state index contributed by atoms with van der Waals surface area (Å²) < 4.78 is 6.27. The molecule has 1 fully saturated rings. The lowest BCUT2D eigenvalue weighted by atomic mass is 10.2. The molecule has 2 heterocycles. The van der Waals surface area contributed by atoms with Gasteiger partial charge in [0.15, 0.2) is 4.34 Å². The third-order valence-corrected chi connectivity index (χ3v) is 4.82. The van der Waals surface area contributed by atoms with Gasteiger partial charge in [-0.3, -0.25) is 4.79 Å². The van der Waals surface area contributed by atoms with Crippen LogP contribution in [0.25, 0.3) is 0 Å².